The van der Waals surface area contributed by atoms with E-state index >= 15 is 0 Å². The number of halogens is 3. The Morgan fingerprint density at radius 3 is 2.38 bits per heavy atom. The van der Waals surface area contributed by atoms with Gasteiger partial charge in [0, 0.05) is 19.2 Å². The van der Waals surface area contributed by atoms with Crippen LogP contribution in [0.25, 0.3) is 0 Å². The van der Waals surface area contributed by atoms with Gasteiger partial charge in [-0.1, -0.05) is 35.5 Å². The van der Waals surface area contributed by atoms with Gasteiger partial charge in [0.25, 0.3) is 0 Å². The highest BCUT2D eigenvalue weighted by Crippen LogP contribution is 2.35. The summed E-state index contributed by atoms with van der Waals surface area (Å²) in [7, 11) is 0. The van der Waals surface area contributed by atoms with Gasteiger partial charge < -0.3 is 4.90 Å². The van der Waals surface area contributed by atoms with Crippen molar-refractivity contribution in [2.45, 2.75) is 43.9 Å². The van der Waals surface area contributed by atoms with Gasteiger partial charge in [-0.3, -0.25) is 0 Å². The monoisotopic (exact) mass is 381 g/mol. The van der Waals surface area contributed by atoms with E-state index in [2.05, 4.69) is 42.0 Å². The fraction of sp³-hybridized carbons (Fsp3) is 0.474. The van der Waals surface area contributed by atoms with Gasteiger partial charge in [0.15, 0.2) is 10.9 Å². The first-order chi connectivity index (χ1) is 12.3. The van der Waals surface area contributed by atoms with Crippen molar-refractivity contribution >= 4 is 17.6 Å². The molecule has 0 saturated carbocycles. The summed E-state index contributed by atoms with van der Waals surface area (Å²) in [5, 5.41) is 0.159. The van der Waals surface area contributed by atoms with Gasteiger partial charge in [-0.2, -0.15) is 13.2 Å². The highest BCUT2D eigenvalue weighted by Gasteiger charge is 2.34. The summed E-state index contributed by atoms with van der Waals surface area (Å²) in [6.45, 7) is 5.59. The SMILES string of the molecule is CSc1nc(N2CCC(c3cc(C)ccc3C)CC2)cc(C(F)(F)F)n1. The van der Waals surface area contributed by atoms with Gasteiger partial charge in [0.1, 0.15) is 5.82 Å². The number of nitrogens with zero attached hydrogens (tertiary/aromatic N) is 3. The van der Waals surface area contributed by atoms with Crippen LogP contribution in [-0.4, -0.2) is 29.3 Å². The van der Waals surface area contributed by atoms with Crippen LogP contribution < -0.4 is 4.90 Å². The zero-order valence-electron chi connectivity index (χ0n) is 15.1. The van der Waals surface area contributed by atoms with Crippen molar-refractivity contribution in [1.29, 1.82) is 0 Å². The molecule has 1 aliphatic heterocycles. The Balaban J connectivity index is 1.78. The van der Waals surface area contributed by atoms with Crippen molar-refractivity contribution in [3.63, 3.8) is 0 Å². The first-order valence-electron chi connectivity index (χ1n) is 8.60. The van der Waals surface area contributed by atoms with Crippen molar-refractivity contribution in [2.24, 2.45) is 0 Å². The van der Waals surface area contributed by atoms with Crippen LogP contribution in [-0.2, 0) is 6.18 Å². The quantitative estimate of drug-likeness (QED) is 0.539. The van der Waals surface area contributed by atoms with E-state index in [-0.39, 0.29) is 5.16 Å². The summed E-state index contributed by atoms with van der Waals surface area (Å²) >= 11 is 1.13. The van der Waals surface area contributed by atoms with E-state index in [4.69, 9.17) is 0 Å². The summed E-state index contributed by atoms with van der Waals surface area (Å²) in [6, 6.07) is 7.55. The number of anilines is 1. The second-order valence-corrected chi connectivity index (χ2v) is 7.49. The molecule has 26 heavy (non-hydrogen) atoms. The summed E-state index contributed by atoms with van der Waals surface area (Å²) in [4.78, 5) is 9.84. The molecule has 0 unspecified atom stereocenters. The lowest BCUT2D eigenvalue weighted by molar-refractivity contribution is -0.141. The lowest BCUT2D eigenvalue weighted by Gasteiger charge is -2.34. The fourth-order valence-corrected chi connectivity index (χ4v) is 3.81. The van der Waals surface area contributed by atoms with Crippen LogP contribution in [0.2, 0.25) is 0 Å². The first kappa shape index (κ1) is 19.0. The third-order valence-electron chi connectivity index (χ3n) is 4.86. The zero-order valence-corrected chi connectivity index (χ0v) is 15.9. The summed E-state index contributed by atoms with van der Waals surface area (Å²) in [6.07, 6.45) is -0.959. The Bertz CT molecular complexity index is 784. The summed E-state index contributed by atoms with van der Waals surface area (Å²) in [5.74, 6) is 0.811. The maximum Gasteiger partial charge on any atom is 0.433 e. The van der Waals surface area contributed by atoms with Crippen LogP contribution in [0.3, 0.4) is 0 Å². The van der Waals surface area contributed by atoms with Gasteiger partial charge in [-0.25, -0.2) is 9.97 Å². The molecular weight excluding hydrogens is 359 g/mol. The van der Waals surface area contributed by atoms with Crippen LogP contribution in [0.5, 0.6) is 0 Å². The van der Waals surface area contributed by atoms with E-state index in [0.29, 0.717) is 24.8 Å². The van der Waals surface area contributed by atoms with E-state index in [1.807, 2.05) is 4.90 Å². The van der Waals surface area contributed by atoms with Crippen molar-refractivity contribution in [3.05, 3.63) is 46.6 Å². The minimum atomic E-state index is -4.46. The smallest absolute Gasteiger partial charge is 0.356 e. The lowest BCUT2D eigenvalue weighted by atomic mass is 9.86. The number of rotatable bonds is 3. The first-order valence-corrected chi connectivity index (χ1v) is 9.83. The predicted octanol–water partition coefficient (Wildman–Crippen LogP) is 5.22. The van der Waals surface area contributed by atoms with Crippen molar-refractivity contribution in [2.75, 3.05) is 24.2 Å². The number of benzene rings is 1. The van der Waals surface area contributed by atoms with Crippen molar-refractivity contribution in [3.8, 4) is 0 Å². The highest BCUT2D eigenvalue weighted by atomic mass is 32.2. The third kappa shape index (κ3) is 4.14. The lowest BCUT2D eigenvalue weighted by Crippen LogP contribution is -2.34. The van der Waals surface area contributed by atoms with Crippen LogP contribution in [0.4, 0.5) is 19.0 Å². The number of piperidine rings is 1. The zero-order chi connectivity index (χ0) is 18.9. The predicted molar refractivity (Wildman–Crippen MR) is 98.9 cm³/mol. The average molecular weight is 381 g/mol. The topological polar surface area (TPSA) is 29.0 Å². The van der Waals surface area contributed by atoms with Crippen LogP contribution in [0, 0.1) is 13.8 Å². The maximum atomic E-state index is 13.1. The van der Waals surface area contributed by atoms with E-state index in [0.717, 1.165) is 30.7 Å². The van der Waals surface area contributed by atoms with Crippen LogP contribution >= 0.6 is 11.8 Å². The molecule has 3 nitrogen and oxygen atoms in total. The number of alkyl halides is 3. The molecule has 3 rings (SSSR count). The molecule has 1 aromatic heterocycles. The second kappa shape index (κ2) is 7.47. The van der Waals surface area contributed by atoms with E-state index in [1.54, 1.807) is 6.26 Å². The van der Waals surface area contributed by atoms with E-state index in [1.165, 1.54) is 16.7 Å². The third-order valence-corrected chi connectivity index (χ3v) is 5.41. The molecule has 1 aliphatic rings. The number of hydrogen-bond acceptors (Lipinski definition) is 4. The largest absolute Gasteiger partial charge is 0.433 e. The molecule has 0 amide bonds. The summed E-state index contributed by atoms with van der Waals surface area (Å²) < 4.78 is 39.3. The highest BCUT2D eigenvalue weighted by molar-refractivity contribution is 7.98. The molecule has 0 spiro atoms. The standard InChI is InChI=1S/C19H22F3N3S/c1-12-4-5-13(2)15(10-12)14-6-8-25(9-7-14)17-11-16(19(20,21)22)23-18(24-17)26-3/h4-5,10-11,14H,6-9H2,1-3H3. The van der Waals surface area contributed by atoms with E-state index in [9.17, 15) is 13.2 Å². The van der Waals surface area contributed by atoms with Gasteiger partial charge in [-0.15, -0.1) is 0 Å². The molecule has 1 fully saturated rings. The maximum absolute atomic E-state index is 13.1. The van der Waals surface area contributed by atoms with Crippen LogP contribution in [0.1, 0.15) is 41.1 Å². The van der Waals surface area contributed by atoms with Crippen molar-refractivity contribution in [1.82, 2.24) is 9.97 Å². The minimum absolute atomic E-state index is 0.159. The molecule has 140 valence electrons. The number of thioether (sulfide) groups is 1. The molecule has 0 radical (unpaired) electrons. The Morgan fingerprint density at radius 2 is 1.77 bits per heavy atom. The molecule has 0 aliphatic carbocycles. The molecule has 0 atom stereocenters. The summed E-state index contributed by atoms with van der Waals surface area (Å²) in [5.41, 5.74) is 3.00. The molecule has 1 aromatic carbocycles. The van der Waals surface area contributed by atoms with Gasteiger partial charge in [0.2, 0.25) is 0 Å². The Hall–Kier alpha value is -1.76. The number of aryl methyl sites for hydroxylation is 2. The molecule has 0 bridgehead atoms. The fourth-order valence-electron chi connectivity index (χ4n) is 3.43. The normalized spacial score (nSPS) is 16.2. The number of aromatic nitrogens is 2. The second-order valence-electron chi connectivity index (χ2n) is 6.72. The van der Waals surface area contributed by atoms with Gasteiger partial charge in [-0.05, 0) is 50.0 Å². The Morgan fingerprint density at radius 1 is 1.08 bits per heavy atom. The van der Waals surface area contributed by atoms with Gasteiger partial charge >= 0.3 is 6.18 Å². The minimum Gasteiger partial charge on any atom is -0.356 e. The molecule has 0 N–H and O–H groups in total. The average Bonchev–Trinajstić information content (AvgIpc) is 2.62. The Kier molecular flexibility index (Phi) is 5.46. The molecule has 7 heteroatoms. The van der Waals surface area contributed by atoms with Crippen LogP contribution in [0.15, 0.2) is 29.4 Å². The Labute approximate surface area is 156 Å². The van der Waals surface area contributed by atoms with E-state index < -0.39 is 11.9 Å². The molecule has 2 aromatic rings. The molecule has 1 saturated heterocycles. The van der Waals surface area contributed by atoms with Crippen molar-refractivity contribution < 1.29 is 13.2 Å². The molecular formula is C19H22F3N3S. The molecule has 2 heterocycles. The van der Waals surface area contributed by atoms with Gasteiger partial charge in [0.05, 0.1) is 0 Å². The number of hydrogen-bond donors (Lipinski definition) is 0.